The highest BCUT2D eigenvalue weighted by Gasteiger charge is 2.54. The SMILES string of the molecule is O=C(NC(CC1CC1)C(=O)N1CCC2C1C(=O)CN2S(=O)(=O)c1cccnc1)c1ccc(Oc2ccccc2)cc1. The van der Waals surface area contributed by atoms with Gasteiger partial charge in [-0.15, -0.1) is 0 Å². The Morgan fingerprint density at radius 1 is 0.976 bits per heavy atom. The molecule has 3 aromatic rings. The summed E-state index contributed by atoms with van der Waals surface area (Å²) >= 11 is 0. The van der Waals surface area contributed by atoms with Crippen LogP contribution in [-0.4, -0.2) is 71.4 Å². The minimum atomic E-state index is -3.95. The van der Waals surface area contributed by atoms with Gasteiger partial charge in [0.15, 0.2) is 5.78 Å². The molecule has 3 fully saturated rings. The third kappa shape index (κ3) is 5.59. The molecule has 2 amide bonds. The highest BCUT2D eigenvalue weighted by Crippen LogP contribution is 2.37. The van der Waals surface area contributed by atoms with Crippen LogP contribution in [0.5, 0.6) is 11.5 Å². The van der Waals surface area contributed by atoms with Crippen molar-refractivity contribution in [3.8, 4) is 11.5 Å². The average Bonchev–Trinajstić information content (AvgIpc) is 3.60. The van der Waals surface area contributed by atoms with Gasteiger partial charge >= 0.3 is 0 Å². The molecule has 3 aliphatic rings. The lowest BCUT2D eigenvalue weighted by Gasteiger charge is -2.28. The molecule has 2 aromatic carbocycles. The molecule has 1 saturated carbocycles. The summed E-state index contributed by atoms with van der Waals surface area (Å²) in [5.74, 6) is 0.508. The van der Waals surface area contributed by atoms with Crippen LogP contribution in [0.4, 0.5) is 0 Å². The topological polar surface area (TPSA) is 126 Å². The molecule has 2 saturated heterocycles. The quantitative estimate of drug-likeness (QED) is 0.416. The van der Waals surface area contributed by atoms with Gasteiger partial charge in [-0.1, -0.05) is 31.0 Å². The van der Waals surface area contributed by atoms with Crippen molar-refractivity contribution in [1.29, 1.82) is 0 Å². The van der Waals surface area contributed by atoms with Gasteiger partial charge in [0.2, 0.25) is 15.9 Å². The van der Waals surface area contributed by atoms with E-state index in [0.29, 0.717) is 35.8 Å². The van der Waals surface area contributed by atoms with Crippen molar-refractivity contribution in [1.82, 2.24) is 19.5 Å². The Labute approximate surface area is 238 Å². The van der Waals surface area contributed by atoms with Crippen LogP contribution in [0.2, 0.25) is 0 Å². The van der Waals surface area contributed by atoms with E-state index in [0.717, 1.165) is 12.8 Å². The van der Waals surface area contributed by atoms with Crippen LogP contribution in [0.15, 0.2) is 84.0 Å². The van der Waals surface area contributed by atoms with Gasteiger partial charge in [0.1, 0.15) is 28.5 Å². The summed E-state index contributed by atoms with van der Waals surface area (Å²) in [5, 5.41) is 2.89. The van der Waals surface area contributed by atoms with Crippen molar-refractivity contribution in [2.45, 2.75) is 48.7 Å². The van der Waals surface area contributed by atoms with Crippen LogP contribution in [0.3, 0.4) is 0 Å². The van der Waals surface area contributed by atoms with Gasteiger partial charge in [0.25, 0.3) is 5.91 Å². The summed E-state index contributed by atoms with van der Waals surface area (Å²) in [6.07, 6.45) is 5.51. The monoisotopic (exact) mass is 574 g/mol. The first kappa shape index (κ1) is 27.1. The lowest BCUT2D eigenvalue weighted by atomic mass is 10.1. The third-order valence-electron chi connectivity index (χ3n) is 7.87. The number of sulfonamides is 1. The van der Waals surface area contributed by atoms with Crippen LogP contribution in [0, 0.1) is 5.92 Å². The van der Waals surface area contributed by atoms with Gasteiger partial charge in [0, 0.05) is 24.5 Å². The van der Waals surface area contributed by atoms with E-state index in [2.05, 4.69) is 10.3 Å². The summed E-state index contributed by atoms with van der Waals surface area (Å²) in [6, 6.07) is 16.6. The van der Waals surface area contributed by atoms with Crippen LogP contribution in [0.25, 0.3) is 0 Å². The molecule has 6 rings (SSSR count). The highest BCUT2D eigenvalue weighted by atomic mass is 32.2. The molecule has 0 spiro atoms. The number of carbonyl (C=O) groups is 3. The van der Waals surface area contributed by atoms with E-state index in [1.54, 1.807) is 24.3 Å². The number of rotatable bonds is 9. The number of ketones is 1. The maximum atomic E-state index is 13.8. The van der Waals surface area contributed by atoms with Gasteiger partial charge in [-0.05, 0) is 67.3 Å². The van der Waals surface area contributed by atoms with E-state index in [1.807, 2.05) is 30.3 Å². The van der Waals surface area contributed by atoms with Crippen LogP contribution in [-0.2, 0) is 19.6 Å². The van der Waals surface area contributed by atoms with Crippen molar-refractivity contribution in [3.05, 3.63) is 84.7 Å². The zero-order chi connectivity index (χ0) is 28.6. The number of nitrogens with one attached hydrogen (secondary N) is 1. The molecule has 1 N–H and O–H groups in total. The summed E-state index contributed by atoms with van der Waals surface area (Å²) in [7, 11) is -3.95. The maximum absolute atomic E-state index is 13.8. The summed E-state index contributed by atoms with van der Waals surface area (Å²) in [5.41, 5.74) is 0.379. The number of carbonyl (C=O) groups excluding carboxylic acids is 3. The van der Waals surface area contributed by atoms with Gasteiger partial charge in [0.05, 0.1) is 12.6 Å². The first-order valence-electron chi connectivity index (χ1n) is 13.7. The summed E-state index contributed by atoms with van der Waals surface area (Å²) in [6.45, 7) is -0.0606. The molecular weight excluding hydrogens is 544 g/mol. The molecule has 0 radical (unpaired) electrons. The Bertz CT molecular complexity index is 1540. The molecule has 10 nitrogen and oxygen atoms in total. The van der Waals surface area contributed by atoms with Crippen LogP contribution in [0.1, 0.15) is 36.0 Å². The lowest BCUT2D eigenvalue weighted by molar-refractivity contribution is -0.138. The number of para-hydroxylation sites is 1. The van der Waals surface area contributed by atoms with Crippen molar-refractivity contribution in [3.63, 3.8) is 0 Å². The fraction of sp³-hybridized carbons (Fsp3) is 0.333. The number of benzene rings is 2. The minimum Gasteiger partial charge on any atom is -0.457 e. The van der Waals surface area contributed by atoms with Crippen molar-refractivity contribution in [2.24, 2.45) is 5.92 Å². The Hall–Kier alpha value is -4.09. The molecule has 11 heteroatoms. The second-order valence-corrected chi connectivity index (χ2v) is 12.6. The third-order valence-corrected chi connectivity index (χ3v) is 9.72. The Morgan fingerprint density at radius 2 is 1.71 bits per heavy atom. The lowest BCUT2D eigenvalue weighted by Crippen LogP contribution is -2.52. The number of nitrogens with zero attached hydrogens (tertiary/aromatic N) is 3. The molecule has 41 heavy (non-hydrogen) atoms. The minimum absolute atomic E-state index is 0.0114. The molecule has 1 aromatic heterocycles. The second kappa shape index (κ2) is 11.1. The number of aromatic nitrogens is 1. The highest BCUT2D eigenvalue weighted by molar-refractivity contribution is 7.89. The first-order valence-corrected chi connectivity index (χ1v) is 15.1. The molecule has 0 bridgehead atoms. The molecule has 2 aliphatic heterocycles. The standard InChI is InChI=1S/C30H30N4O6S/c35-27-19-34(41(38,39)24-7-4-15-31-18-24)26-14-16-33(28(26)27)30(37)25(17-20-8-9-20)32-29(36)21-10-12-23(13-11-21)40-22-5-2-1-3-6-22/h1-7,10-13,15,18,20,25-26,28H,8-9,14,16-17,19H2,(H,32,36). The number of hydrogen-bond acceptors (Lipinski definition) is 7. The van der Waals surface area contributed by atoms with E-state index in [1.165, 1.54) is 33.7 Å². The molecule has 3 unspecified atom stereocenters. The fourth-order valence-corrected chi connectivity index (χ4v) is 7.21. The predicted molar refractivity (Wildman–Crippen MR) is 149 cm³/mol. The Morgan fingerprint density at radius 3 is 2.39 bits per heavy atom. The number of pyridine rings is 1. The zero-order valence-electron chi connectivity index (χ0n) is 22.3. The van der Waals surface area contributed by atoms with Gasteiger partial charge in [-0.3, -0.25) is 19.4 Å². The number of ether oxygens (including phenoxy) is 1. The zero-order valence-corrected chi connectivity index (χ0v) is 23.1. The fourth-order valence-electron chi connectivity index (χ4n) is 5.62. The van der Waals surface area contributed by atoms with E-state index < -0.39 is 34.1 Å². The Kier molecular flexibility index (Phi) is 7.31. The number of fused-ring (bicyclic) bond motifs is 1. The number of Topliss-reactive ketones (excluding diaryl/α,β-unsaturated/α-hetero) is 1. The number of likely N-dealkylation sites (tertiary alicyclic amines) is 1. The molecule has 1 aliphatic carbocycles. The molecule has 3 heterocycles. The average molecular weight is 575 g/mol. The number of hydrogen-bond donors (Lipinski definition) is 1. The molecule has 3 atom stereocenters. The van der Waals surface area contributed by atoms with Crippen molar-refractivity contribution < 1.29 is 27.5 Å². The number of amides is 2. The van der Waals surface area contributed by atoms with Gasteiger partial charge in [-0.25, -0.2) is 8.42 Å². The summed E-state index contributed by atoms with van der Waals surface area (Å²) in [4.78, 5) is 45.5. The maximum Gasteiger partial charge on any atom is 0.251 e. The van der Waals surface area contributed by atoms with Gasteiger partial charge < -0.3 is 15.0 Å². The van der Waals surface area contributed by atoms with E-state index in [4.69, 9.17) is 4.74 Å². The van der Waals surface area contributed by atoms with Crippen molar-refractivity contribution in [2.75, 3.05) is 13.1 Å². The molecule has 212 valence electrons. The van der Waals surface area contributed by atoms with Gasteiger partial charge in [-0.2, -0.15) is 4.31 Å². The second-order valence-electron chi connectivity index (χ2n) is 10.7. The largest absolute Gasteiger partial charge is 0.457 e. The van der Waals surface area contributed by atoms with E-state index >= 15 is 0 Å². The first-order chi connectivity index (χ1) is 19.8. The smallest absolute Gasteiger partial charge is 0.251 e. The van der Waals surface area contributed by atoms with E-state index in [-0.39, 0.29) is 29.7 Å². The van der Waals surface area contributed by atoms with E-state index in [9.17, 15) is 22.8 Å². The predicted octanol–water partition coefficient (Wildman–Crippen LogP) is 3.02. The Balaban J connectivity index is 1.16. The molecular formula is C30H30N4O6S. The normalized spacial score (nSPS) is 21.4. The van der Waals surface area contributed by atoms with Crippen molar-refractivity contribution >= 4 is 27.6 Å². The van der Waals surface area contributed by atoms with Crippen LogP contribution >= 0.6 is 0 Å². The van der Waals surface area contributed by atoms with Crippen LogP contribution < -0.4 is 10.1 Å². The summed E-state index contributed by atoms with van der Waals surface area (Å²) < 4.78 is 33.5.